The molecule has 4 nitrogen and oxygen atoms in total. The molecule has 0 saturated carbocycles. The lowest BCUT2D eigenvalue weighted by Gasteiger charge is -2.17. The number of para-hydroxylation sites is 1. The summed E-state index contributed by atoms with van der Waals surface area (Å²) in [7, 11) is 0. The van der Waals surface area contributed by atoms with E-state index < -0.39 is 11.4 Å². The van der Waals surface area contributed by atoms with Crippen LogP contribution in [0.2, 0.25) is 0 Å². The lowest BCUT2D eigenvalue weighted by molar-refractivity contribution is -0.141. The minimum Gasteiger partial charge on any atom is -0.480 e. The maximum atomic E-state index is 11.3. The van der Waals surface area contributed by atoms with Crippen LogP contribution in [0.1, 0.15) is 12.5 Å². The molecule has 0 fully saturated rings. The van der Waals surface area contributed by atoms with Crippen LogP contribution in [-0.4, -0.2) is 11.1 Å². The van der Waals surface area contributed by atoms with Crippen molar-refractivity contribution in [3.05, 3.63) is 60.2 Å². The number of carboxylic acids is 1. The van der Waals surface area contributed by atoms with E-state index in [0.29, 0.717) is 17.1 Å². The Labute approximate surface area is 116 Å². The lowest BCUT2D eigenvalue weighted by atomic mass is 9.84. The summed E-state index contributed by atoms with van der Waals surface area (Å²) in [4.78, 5) is 11.3. The fourth-order valence-electron chi connectivity index (χ4n) is 1.73. The molecule has 0 amide bonds. The molecule has 0 aliphatic heterocycles. The standard InChI is InChI=1S/C16H13NO3/c1-16(11-17,15(18)19)12-6-5-9-14(10-12)20-13-7-3-2-4-8-13/h2-10H,1H3,(H,18,19). The molecule has 0 bridgehead atoms. The SMILES string of the molecule is CC(C#N)(C(=O)O)c1cccc(Oc2ccccc2)c1. The maximum Gasteiger partial charge on any atom is 0.328 e. The number of hydrogen-bond acceptors (Lipinski definition) is 3. The van der Waals surface area contributed by atoms with Crippen LogP contribution in [0.4, 0.5) is 0 Å². The summed E-state index contributed by atoms with van der Waals surface area (Å²) in [6.07, 6.45) is 0. The second-order valence-electron chi connectivity index (χ2n) is 4.48. The van der Waals surface area contributed by atoms with Gasteiger partial charge < -0.3 is 9.84 Å². The largest absolute Gasteiger partial charge is 0.480 e. The summed E-state index contributed by atoms with van der Waals surface area (Å²) in [6, 6.07) is 17.6. The van der Waals surface area contributed by atoms with Gasteiger partial charge in [0.05, 0.1) is 6.07 Å². The van der Waals surface area contributed by atoms with Crippen molar-refractivity contribution in [2.45, 2.75) is 12.3 Å². The number of hydrogen-bond donors (Lipinski definition) is 1. The van der Waals surface area contributed by atoms with Gasteiger partial charge in [-0.1, -0.05) is 30.3 Å². The highest BCUT2D eigenvalue weighted by Crippen LogP contribution is 2.29. The maximum absolute atomic E-state index is 11.3. The third-order valence-electron chi connectivity index (χ3n) is 3.04. The molecule has 2 aromatic carbocycles. The van der Waals surface area contributed by atoms with Crippen LogP contribution in [0.15, 0.2) is 54.6 Å². The van der Waals surface area contributed by atoms with E-state index in [2.05, 4.69) is 0 Å². The van der Waals surface area contributed by atoms with Crippen molar-refractivity contribution in [3.8, 4) is 17.6 Å². The minimum atomic E-state index is -1.59. The van der Waals surface area contributed by atoms with Gasteiger partial charge in [-0.3, -0.25) is 4.79 Å². The first kappa shape index (κ1) is 13.6. The Bertz CT molecular complexity index is 661. The fourth-order valence-corrected chi connectivity index (χ4v) is 1.73. The Balaban J connectivity index is 2.34. The lowest BCUT2D eigenvalue weighted by Crippen LogP contribution is -2.30. The second-order valence-corrected chi connectivity index (χ2v) is 4.48. The van der Waals surface area contributed by atoms with E-state index in [1.165, 1.54) is 6.92 Å². The molecule has 0 aliphatic rings. The van der Waals surface area contributed by atoms with Crippen LogP contribution >= 0.6 is 0 Å². The average molecular weight is 267 g/mol. The number of rotatable bonds is 4. The number of nitriles is 1. The Kier molecular flexibility index (Phi) is 3.72. The first-order valence-corrected chi connectivity index (χ1v) is 6.04. The summed E-state index contributed by atoms with van der Waals surface area (Å²) in [5, 5.41) is 18.3. The van der Waals surface area contributed by atoms with Crippen molar-refractivity contribution < 1.29 is 14.6 Å². The van der Waals surface area contributed by atoms with E-state index in [1.807, 2.05) is 24.3 Å². The molecule has 1 unspecified atom stereocenters. The van der Waals surface area contributed by atoms with Gasteiger partial charge in [0.1, 0.15) is 11.5 Å². The van der Waals surface area contributed by atoms with Crippen LogP contribution in [0.3, 0.4) is 0 Å². The zero-order chi connectivity index (χ0) is 14.6. The predicted molar refractivity (Wildman–Crippen MR) is 73.6 cm³/mol. The Morgan fingerprint density at radius 1 is 1.15 bits per heavy atom. The minimum absolute atomic E-state index is 0.390. The predicted octanol–water partition coefficient (Wildman–Crippen LogP) is 3.34. The summed E-state index contributed by atoms with van der Waals surface area (Å²) < 4.78 is 5.64. The van der Waals surface area contributed by atoms with Gasteiger partial charge in [0.25, 0.3) is 0 Å². The molecule has 0 heterocycles. The van der Waals surface area contributed by atoms with Gasteiger partial charge >= 0.3 is 5.97 Å². The van der Waals surface area contributed by atoms with Crippen molar-refractivity contribution in [2.75, 3.05) is 0 Å². The van der Waals surface area contributed by atoms with Crippen LogP contribution in [0.25, 0.3) is 0 Å². The fraction of sp³-hybridized carbons (Fsp3) is 0.125. The zero-order valence-electron chi connectivity index (χ0n) is 10.9. The van der Waals surface area contributed by atoms with E-state index >= 15 is 0 Å². The molecule has 0 aliphatic carbocycles. The van der Waals surface area contributed by atoms with Crippen molar-refractivity contribution in [2.24, 2.45) is 0 Å². The summed E-state index contributed by atoms with van der Waals surface area (Å²) in [6.45, 7) is 1.37. The van der Waals surface area contributed by atoms with Crippen LogP contribution in [0.5, 0.6) is 11.5 Å². The van der Waals surface area contributed by atoms with E-state index in [-0.39, 0.29) is 0 Å². The molecule has 0 radical (unpaired) electrons. The highest BCUT2D eigenvalue weighted by molar-refractivity contribution is 5.84. The van der Waals surface area contributed by atoms with Gasteiger partial charge in [-0.25, -0.2) is 0 Å². The van der Waals surface area contributed by atoms with Gasteiger partial charge in [0.15, 0.2) is 5.41 Å². The van der Waals surface area contributed by atoms with Gasteiger partial charge in [0.2, 0.25) is 0 Å². The monoisotopic (exact) mass is 267 g/mol. The number of benzene rings is 2. The van der Waals surface area contributed by atoms with Gasteiger partial charge in [-0.05, 0) is 36.8 Å². The first-order chi connectivity index (χ1) is 9.56. The molecule has 20 heavy (non-hydrogen) atoms. The molecule has 0 aromatic heterocycles. The Hall–Kier alpha value is -2.80. The average Bonchev–Trinajstić information content (AvgIpc) is 2.47. The molecular formula is C16H13NO3. The van der Waals surface area contributed by atoms with Crippen LogP contribution in [0, 0.1) is 11.3 Å². The van der Waals surface area contributed by atoms with Crippen molar-refractivity contribution in [1.29, 1.82) is 5.26 Å². The molecule has 4 heteroatoms. The molecular weight excluding hydrogens is 254 g/mol. The molecule has 0 saturated heterocycles. The molecule has 100 valence electrons. The molecule has 1 N–H and O–H groups in total. The number of aliphatic carboxylic acids is 1. The van der Waals surface area contributed by atoms with E-state index in [1.54, 1.807) is 36.4 Å². The highest BCUT2D eigenvalue weighted by Gasteiger charge is 2.35. The Morgan fingerprint density at radius 3 is 2.40 bits per heavy atom. The van der Waals surface area contributed by atoms with Gasteiger partial charge in [-0.15, -0.1) is 0 Å². The topological polar surface area (TPSA) is 70.3 Å². The van der Waals surface area contributed by atoms with Crippen molar-refractivity contribution >= 4 is 5.97 Å². The quantitative estimate of drug-likeness (QED) is 0.922. The third-order valence-corrected chi connectivity index (χ3v) is 3.04. The molecule has 2 rings (SSSR count). The summed E-state index contributed by atoms with van der Waals surface area (Å²) in [5.74, 6) is -0.0353. The second kappa shape index (κ2) is 5.45. The zero-order valence-corrected chi connectivity index (χ0v) is 10.9. The van der Waals surface area contributed by atoms with E-state index in [4.69, 9.17) is 10.00 Å². The van der Waals surface area contributed by atoms with Gasteiger partial charge in [-0.2, -0.15) is 5.26 Å². The normalized spacial score (nSPS) is 13.0. The number of carboxylic acid groups (broad SMARTS) is 1. The van der Waals surface area contributed by atoms with Crippen molar-refractivity contribution in [1.82, 2.24) is 0 Å². The summed E-state index contributed by atoms with van der Waals surface area (Å²) >= 11 is 0. The van der Waals surface area contributed by atoms with Crippen molar-refractivity contribution in [3.63, 3.8) is 0 Å². The van der Waals surface area contributed by atoms with E-state index in [9.17, 15) is 9.90 Å². The molecule has 2 aromatic rings. The first-order valence-electron chi connectivity index (χ1n) is 6.04. The van der Waals surface area contributed by atoms with Crippen LogP contribution in [-0.2, 0) is 10.2 Å². The van der Waals surface area contributed by atoms with Crippen LogP contribution < -0.4 is 4.74 Å². The Morgan fingerprint density at radius 2 is 1.80 bits per heavy atom. The number of ether oxygens (including phenoxy) is 1. The summed E-state index contributed by atoms with van der Waals surface area (Å²) in [5.41, 5.74) is -1.20. The van der Waals surface area contributed by atoms with E-state index in [0.717, 1.165) is 0 Å². The third kappa shape index (κ3) is 2.62. The van der Waals surface area contributed by atoms with Gasteiger partial charge in [0, 0.05) is 0 Å². The smallest absolute Gasteiger partial charge is 0.328 e. The highest BCUT2D eigenvalue weighted by atomic mass is 16.5. The number of carbonyl (C=O) groups is 1. The molecule has 1 atom stereocenters. The molecule has 0 spiro atoms. The number of nitrogens with zero attached hydrogens (tertiary/aromatic N) is 1.